The average Bonchev–Trinajstić information content (AvgIpc) is 0.811. The maximum atomic E-state index is 10.9. The van der Waals surface area contributed by atoms with Crippen LogP contribution in [0, 0.1) is 0 Å². The molecule has 0 aromatic heterocycles. The van der Waals surface area contributed by atoms with Crippen molar-refractivity contribution in [3.05, 3.63) is 10.1 Å². The molecule has 0 N–H and O–H groups in total. The Kier molecular flexibility index (Phi) is 2.09. The van der Waals surface area contributed by atoms with Crippen molar-refractivity contribution in [2.45, 2.75) is 0 Å². The third-order valence-corrected chi connectivity index (χ3v) is 0. The van der Waals surface area contributed by atoms with Crippen molar-refractivity contribution in [2.75, 3.05) is 0 Å². The quantitative estimate of drug-likeness (QED) is 0.538. The Labute approximate surface area is 39.5 Å². The van der Waals surface area contributed by atoms with Crippen molar-refractivity contribution in [2.24, 2.45) is 0 Å². The van der Waals surface area contributed by atoms with Crippen LogP contribution >= 0.6 is 0 Å². The molecule has 0 aliphatic heterocycles. The average molecular weight is 256 g/mol. The van der Waals surface area contributed by atoms with Gasteiger partial charge in [-0.25, -0.2) is 0 Å². The van der Waals surface area contributed by atoms with E-state index in [-0.39, 0.29) is 3.53 Å². The molecule has 0 unspecified atom stereocenters. The van der Waals surface area contributed by atoms with Crippen LogP contribution in [0.2, 0.25) is 0 Å². The summed E-state index contributed by atoms with van der Waals surface area (Å²) in [5, 5.41) is 0. The molecule has 0 heterocycles. The summed E-state index contributed by atoms with van der Waals surface area (Å²) in [5.41, 5.74) is 0. The summed E-state index contributed by atoms with van der Waals surface area (Å²) in [6, 6.07) is 0. The number of hydrogen-bond acceptors (Lipinski definition) is 0. The van der Waals surface area contributed by atoms with Crippen LogP contribution in [0.25, 0.3) is 0 Å². The second-order valence-electron chi connectivity index (χ2n) is 0.447. The van der Waals surface area contributed by atoms with Gasteiger partial charge in [-0.3, -0.25) is 0 Å². The van der Waals surface area contributed by atoms with Crippen LogP contribution in [0.15, 0.2) is 10.1 Å². The van der Waals surface area contributed by atoms with Gasteiger partial charge in [0.25, 0.3) is 0 Å². The summed E-state index contributed by atoms with van der Waals surface area (Å²) in [5.74, 6) is 0. The van der Waals surface area contributed by atoms with Crippen molar-refractivity contribution in [1.29, 1.82) is 0 Å². The van der Waals surface area contributed by atoms with Gasteiger partial charge < -0.3 is 0 Å². The van der Waals surface area contributed by atoms with Gasteiger partial charge in [-0.1, -0.05) is 0 Å². The monoisotopic (exact) mass is 256 g/mol. The zero-order chi connectivity index (χ0) is 3.58. The van der Waals surface area contributed by atoms with E-state index in [1.54, 1.807) is 0 Å². The first kappa shape index (κ1) is 4.55. The minimum atomic E-state index is -0.167. The van der Waals surface area contributed by atoms with Crippen LogP contribution in [-0.2, 0) is 0 Å². The summed E-state index contributed by atoms with van der Waals surface area (Å²) in [6.07, 6.45) is 0. The topological polar surface area (TPSA) is 0 Å². The van der Waals surface area contributed by atoms with Crippen molar-refractivity contribution in [3.63, 3.8) is 0 Å². The zero-order valence-corrected chi connectivity index (χ0v) is 6.65. The summed E-state index contributed by atoms with van der Waals surface area (Å²) in [6.45, 7) is 2.96. The summed E-state index contributed by atoms with van der Waals surface area (Å²) < 4.78 is 10.7. The van der Waals surface area contributed by atoms with Gasteiger partial charge in [0.1, 0.15) is 0 Å². The van der Waals surface area contributed by atoms with Crippen molar-refractivity contribution in [3.8, 4) is 0 Å². The Balaban J connectivity index is 2.80. The normalized spacial score (nSPS) is 6.50. The SMILES string of the molecule is C=[C](F)[BiH2]. The van der Waals surface area contributed by atoms with E-state index in [4.69, 9.17) is 0 Å². The molecule has 0 nitrogen and oxygen atoms in total. The summed E-state index contributed by atoms with van der Waals surface area (Å²) in [7, 11) is 0. The van der Waals surface area contributed by atoms with Gasteiger partial charge in [0, 0.05) is 0 Å². The van der Waals surface area contributed by atoms with Crippen LogP contribution in [0.1, 0.15) is 0 Å². The van der Waals surface area contributed by atoms with Crippen LogP contribution in [-0.4, -0.2) is 24.7 Å². The van der Waals surface area contributed by atoms with Gasteiger partial charge in [-0.05, 0) is 0 Å². The van der Waals surface area contributed by atoms with Gasteiger partial charge in [0.05, 0.1) is 0 Å². The fourth-order valence-corrected chi connectivity index (χ4v) is 0. The fraction of sp³-hybridized carbons (Fsp3) is 0. The molecular weight excluding hydrogens is 252 g/mol. The van der Waals surface area contributed by atoms with E-state index in [1.807, 2.05) is 0 Å². The molecule has 0 rings (SSSR count). The number of halogens is 1. The van der Waals surface area contributed by atoms with Crippen LogP contribution < -0.4 is 0 Å². The Morgan fingerprint density at radius 2 is 2.00 bits per heavy atom. The van der Waals surface area contributed by atoms with Gasteiger partial charge in [-0.15, -0.1) is 0 Å². The second-order valence-corrected chi connectivity index (χ2v) is 2.88. The number of rotatable bonds is 0. The molecule has 0 radical (unpaired) electrons. The zero-order valence-electron chi connectivity index (χ0n) is 2.16. The minimum absolute atomic E-state index is 0.167. The fourth-order valence-electron chi connectivity index (χ4n) is 0. The molecule has 0 atom stereocenters. The Bertz CT molecular complexity index is 29.0. The molecule has 2 heteroatoms. The predicted octanol–water partition coefficient (Wildman–Crippen LogP) is 0.0602. The first-order valence-corrected chi connectivity index (χ1v) is 3.08. The van der Waals surface area contributed by atoms with E-state index >= 15 is 0 Å². The Morgan fingerprint density at radius 1 is 2.00 bits per heavy atom. The molecule has 4 heavy (non-hydrogen) atoms. The molecule has 0 amide bonds. The van der Waals surface area contributed by atoms with Crippen LogP contribution in [0.5, 0.6) is 0 Å². The molecule has 0 spiro atoms. The van der Waals surface area contributed by atoms with E-state index in [0.29, 0.717) is 24.7 Å². The van der Waals surface area contributed by atoms with E-state index in [0.717, 1.165) is 0 Å². The Morgan fingerprint density at radius 3 is 2.00 bits per heavy atom. The molecule has 0 fully saturated rings. The summed E-state index contributed by atoms with van der Waals surface area (Å²) in [4.78, 5) is 0. The van der Waals surface area contributed by atoms with Gasteiger partial charge >= 0.3 is 39.2 Å². The van der Waals surface area contributed by atoms with Crippen molar-refractivity contribution in [1.82, 2.24) is 0 Å². The molecular formula is C2H4BiF. The van der Waals surface area contributed by atoms with Crippen LogP contribution in [0.3, 0.4) is 0 Å². The molecule has 0 aromatic rings. The maximum absolute atomic E-state index is 10.9. The first-order valence-electron chi connectivity index (χ1n) is 0.831. The van der Waals surface area contributed by atoms with E-state index in [9.17, 15) is 4.39 Å². The molecule has 0 saturated carbocycles. The van der Waals surface area contributed by atoms with E-state index in [2.05, 4.69) is 6.58 Å². The van der Waals surface area contributed by atoms with Crippen molar-refractivity contribution < 1.29 is 4.39 Å². The third kappa shape index (κ3) is 20.1. The molecule has 0 saturated heterocycles. The van der Waals surface area contributed by atoms with Gasteiger partial charge in [-0.2, -0.15) is 0 Å². The van der Waals surface area contributed by atoms with Crippen molar-refractivity contribution >= 4 is 24.7 Å². The Hall–Kier alpha value is 0.553. The van der Waals surface area contributed by atoms with Gasteiger partial charge in [0.2, 0.25) is 0 Å². The van der Waals surface area contributed by atoms with Crippen LogP contribution in [0.4, 0.5) is 4.39 Å². The standard InChI is InChI=1S/C2H2F.Bi.2H/c1-2-3;;;/h1H2;;;. The predicted molar refractivity (Wildman–Crippen MR) is 18.8 cm³/mol. The second kappa shape index (κ2) is 1.83. The van der Waals surface area contributed by atoms with E-state index in [1.165, 1.54) is 0 Å². The number of hydrogen-bond donors (Lipinski definition) is 0. The van der Waals surface area contributed by atoms with E-state index < -0.39 is 0 Å². The third-order valence-electron chi connectivity index (χ3n) is 0. The first-order chi connectivity index (χ1) is 1.73. The van der Waals surface area contributed by atoms with Gasteiger partial charge in [0.15, 0.2) is 0 Å². The molecule has 0 aliphatic rings. The molecule has 0 aliphatic carbocycles. The molecule has 24 valence electrons. The summed E-state index contributed by atoms with van der Waals surface area (Å²) >= 11 is 0.324. The molecule has 0 aromatic carbocycles. The molecule has 0 bridgehead atoms.